The van der Waals surface area contributed by atoms with Crippen LogP contribution in [0.15, 0.2) is 29.0 Å². The maximum Gasteiger partial charge on any atom is 0.227 e. The predicted octanol–water partition coefficient (Wildman–Crippen LogP) is 2.05. The number of hydrogen-bond donors (Lipinski definition) is 1. The molecule has 0 unspecified atom stereocenters. The van der Waals surface area contributed by atoms with Crippen molar-refractivity contribution in [3.63, 3.8) is 0 Å². The van der Waals surface area contributed by atoms with Gasteiger partial charge in [-0.1, -0.05) is 12.1 Å². The first-order valence-corrected chi connectivity index (χ1v) is 8.99. The number of carbonyl (C=O) groups excluding carboxylic acids is 1. The molecule has 2 aromatic heterocycles. The molecule has 0 aliphatic carbocycles. The summed E-state index contributed by atoms with van der Waals surface area (Å²) >= 11 is 0. The van der Waals surface area contributed by atoms with Gasteiger partial charge in [0.25, 0.3) is 0 Å². The van der Waals surface area contributed by atoms with E-state index >= 15 is 0 Å². The minimum atomic E-state index is 0.0533. The highest BCUT2D eigenvalue weighted by molar-refractivity contribution is 5.76. The third-order valence-corrected chi connectivity index (χ3v) is 4.47. The van der Waals surface area contributed by atoms with Gasteiger partial charge in [-0.15, -0.1) is 0 Å². The van der Waals surface area contributed by atoms with E-state index in [1.807, 2.05) is 12.1 Å². The van der Waals surface area contributed by atoms with E-state index in [1.165, 1.54) is 6.42 Å². The molecule has 1 amide bonds. The molecule has 0 atom stereocenters. The molecule has 2 aromatic rings. The number of aromatic nitrogens is 3. The summed E-state index contributed by atoms with van der Waals surface area (Å²) in [5.41, 5.74) is 0.855. The van der Waals surface area contributed by atoms with Crippen LogP contribution in [0.4, 0.5) is 0 Å². The monoisotopic (exact) mass is 343 g/mol. The van der Waals surface area contributed by atoms with Crippen LogP contribution in [0.25, 0.3) is 11.4 Å². The molecule has 1 aliphatic rings. The lowest BCUT2D eigenvalue weighted by molar-refractivity contribution is -0.122. The molecule has 134 valence electrons. The molecule has 25 heavy (non-hydrogen) atoms. The normalized spacial score (nSPS) is 16.0. The fraction of sp³-hybridized carbons (Fsp3) is 0.556. The van der Waals surface area contributed by atoms with E-state index in [0.29, 0.717) is 24.6 Å². The van der Waals surface area contributed by atoms with Crippen molar-refractivity contribution in [1.82, 2.24) is 25.3 Å². The number of nitrogens with zero attached hydrogens (tertiary/aromatic N) is 4. The van der Waals surface area contributed by atoms with Gasteiger partial charge in [0.2, 0.25) is 17.6 Å². The minimum Gasteiger partial charge on any atom is -0.353 e. The predicted molar refractivity (Wildman–Crippen MR) is 93.7 cm³/mol. The number of nitrogens with one attached hydrogen (secondary N) is 1. The summed E-state index contributed by atoms with van der Waals surface area (Å²) in [6, 6.07) is 3.94. The molecule has 0 aromatic carbocycles. The van der Waals surface area contributed by atoms with E-state index in [-0.39, 0.29) is 11.9 Å². The second kappa shape index (κ2) is 8.71. The van der Waals surface area contributed by atoms with E-state index < -0.39 is 0 Å². The Hall–Kier alpha value is -2.28. The van der Waals surface area contributed by atoms with Crippen molar-refractivity contribution in [3.05, 3.63) is 30.4 Å². The second-order valence-corrected chi connectivity index (χ2v) is 6.43. The van der Waals surface area contributed by atoms with Crippen molar-refractivity contribution in [2.45, 2.75) is 45.1 Å². The Morgan fingerprint density at radius 3 is 2.80 bits per heavy atom. The van der Waals surface area contributed by atoms with Crippen molar-refractivity contribution >= 4 is 5.91 Å². The quantitative estimate of drug-likeness (QED) is 0.828. The van der Waals surface area contributed by atoms with Gasteiger partial charge in [-0.2, -0.15) is 4.98 Å². The molecule has 7 nitrogen and oxygen atoms in total. The Labute approximate surface area is 147 Å². The second-order valence-electron chi connectivity index (χ2n) is 6.43. The van der Waals surface area contributed by atoms with Gasteiger partial charge in [0.05, 0.1) is 0 Å². The van der Waals surface area contributed by atoms with Gasteiger partial charge in [-0.3, -0.25) is 9.78 Å². The summed E-state index contributed by atoms with van der Waals surface area (Å²) in [5, 5.41) is 7.08. The van der Waals surface area contributed by atoms with Crippen LogP contribution in [0.5, 0.6) is 0 Å². The van der Waals surface area contributed by atoms with Gasteiger partial charge >= 0.3 is 0 Å². The van der Waals surface area contributed by atoms with E-state index in [1.54, 1.807) is 12.4 Å². The molecule has 3 rings (SSSR count). The molecule has 0 radical (unpaired) electrons. The van der Waals surface area contributed by atoms with Crippen LogP contribution in [0, 0.1) is 0 Å². The molecule has 1 aliphatic heterocycles. The largest absolute Gasteiger partial charge is 0.353 e. The standard InChI is InChI=1S/C18H25N5O2/c1-2-11-23-12-7-15(8-13-23)20-16(24)3-4-17-21-18(22-25-17)14-5-9-19-10-6-14/h5-6,9-10,15H,2-4,7-8,11-13H2,1H3,(H,20,24). The minimum absolute atomic E-state index is 0.0533. The summed E-state index contributed by atoms with van der Waals surface area (Å²) in [7, 11) is 0. The molecular weight excluding hydrogens is 318 g/mol. The lowest BCUT2D eigenvalue weighted by Gasteiger charge is -2.32. The van der Waals surface area contributed by atoms with Crippen molar-refractivity contribution in [2.24, 2.45) is 0 Å². The van der Waals surface area contributed by atoms with Gasteiger partial charge in [0, 0.05) is 49.9 Å². The summed E-state index contributed by atoms with van der Waals surface area (Å²) in [6.45, 7) is 5.48. The fourth-order valence-corrected chi connectivity index (χ4v) is 3.11. The third kappa shape index (κ3) is 5.09. The molecular formula is C18H25N5O2. The molecule has 0 saturated carbocycles. The number of likely N-dealkylation sites (tertiary alicyclic amines) is 1. The lowest BCUT2D eigenvalue weighted by Crippen LogP contribution is -2.44. The highest BCUT2D eigenvalue weighted by Crippen LogP contribution is 2.15. The molecule has 1 fully saturated rings. The van der Waals surface area contributed by atoms with Crippen LogP contribution < -0.4 is 5.32 Å². The van der Waals surface area contributed by atoms with Gasteiger partial charge in [-0.05, 0) is 37.9 Å². The van der Waals surface area contributed by atoms with Crippen LogP contribution in [0.1, 0.15) is 38.5 Å². The third-order valence-electron chi connectivity index (χ3n) is 4.47. The Kier molecular flexibility index (Phi) is 6.11. The number of amides is 1. The smallest absolute Gasteiger partial charge is 0.227 e. The topological polar surface area (TPSA) is 84.2 Å². The van der Waals surface area contributed by atoms with Crippen LogP contribution >= 0.6 is 0 Å². The molecule has 1 N–H and O–H groups in total. The van der Waals surface area contributed by atoms with Crippen LogP contribution in [-0.4, -0.2) is 51.6 Å². The average Bonchev–Trinajstić information content (AvgIpc) is 3.12. The Morgan fingerprint density at radius 1 is 1.32 bits per heavy atom. The summed E-state index contributed by atoms with van der Waals surface area (Å²) in [6.07, 6.45) is 7.43. The first kappa shape index (κ1) is 17.5. The van der Waals surface area contributed by atoms with E-state index in [4.69, 9.17) is 4.52 Å². The molecule has 1 saturated heterocycles. The molecule has 0 bridgehead atoms. The maximum absolute atomic E-state index is 12.1. The van der Waals surface area contributed by atoms with Crippen molar-refractivity contribution in [3.8, 4) is 11.4 Å². The van der Waals surface area contributed by atoms with Gasteiger partial charge in [0.15, 0.2) is 0 Å². The molecule has 0 spiro atoms. The van der Waals surface area contributed by atoms with E-state index in [0.717, 1.165) is 38.0 Å². The highest BCUT2D eigenvalue weighted by atomic mass is 16.5. The molecule has 7 heteroatoms. The Morgan fingerprint density at radius 2 is 2.08 bits per heavy atom. The van der Waals surface area contributed by atoms with Crippen LogP contribution in [0.2, 0.25) is 0 Å². The van der Waals surface area contributed by atoms with Crippen molar-refractivity contribution in [2.75, 3.05) is 19.6 Å². The SMILES string of the molecule is CCCN1CCC(NC(=O)CCc2nc(-c3ccncc3)no2)CC1. The van der Waals surface area contributed by atoms with Crippen LogP contribution in [-0.2, 0) is 11.2 Å². The van der Waals surface area contributed by atoms with Gasteiger partial charge in [-0.25, -0.2) is 0 Å². The van der Waals surface area contributed by atoms with E-state index in [9.17, 15) is 4.79 Å². The average molecular weight is 343 g/mol. The first-order valence-electron chi connectivity index (χ1n) is 8.99. The summed E-state index contributed by atoms with van der Waals surface area (Å²) < 4.78 is 5.23. The number of hydrogen-bond acceptors (Lipinski definition) is 6. The van der Waals surface area contributed by atoms with Crippen molar-refractivity contribution in [1.29, 1.82) is 0 Å². The Balaban J connectivity index is 1.42. The Bertz CT molecular complexity index is 665. The number of carbonyl (C=O) groups is 1. The fourth-order valence-electron chi connectivity index (χ4n) is 3.11. The molecule has 3 heterocycles. The zero-order chi connectivity index (χ0) is 17.5. The zero-order valence-electron chi connectivity index (χ0n) is 14.6. The number of piperidine rings is 1. The van der Waals surface area contributed by atoms with E-state index in [2.05, 4.69) is 32.3 Å². The summed E-state index contributed by atoms with van der Waals surface area (Å²) in [5.74, 6) is 1.07. The van der Waals surface area contributed by atoms with Gasteiger partial charge < -0.3 is 14.7 Å². The highest BCUT2D eigenvalue weighted by Gasteiger charge is 2.20. The maximum atomic E-state index is 12.1. The lowest BCUT2D eigenvalue weighted by atomic mass is 10.0. The van der Waals surface area contributed by atoms with Gasteiger partial charge in [0.1, 0.15) is 0 Å². The van der Waals surface area contributed by atoms with Crippen LogP contribution in [0.3, 0.4) is 0 Å². The van der Waals surface area contributed by atoms with Crippen molar-refractivity contribution < 1.29 is 9.32 Å². The summed E-state index contributed by atoms with van der Waals surface area (Å²) in [4.78, 5) is 22.9. The number of pyridine rings is 1. The first-order chi connectivity index (χ1) is 12.2. The zero-order valence-corrected chi connectivity index (χ0v) is 14.6. The number of rotatable bonds is 7. The number of aryl methyl sites for hydroxylation is 1.